The van der Waals surface area contributed by atoms with E-state index < -0.39 is 0 Å². The van der Waals surface area contributed by atoms with Gasteiger partial charge in [0, 0.05) is 6.04 Å². The van der Waals surface area contributed by atoms with Gasteiger partial charge in [-0.2, -0.15) is 0 Å². The molecule has 6 nitrogen and oxygen atoms in total. The van der Waals surface area contributed by atoms with E-state index in [1.165, 1.54) is 11.8 Å². The molecule has 1 heterocycles. The molecule has 2 atom stereocenters. The Morgan fingerprint density at radius 1 is 1.50 bits per heavy atom. The highest BCUT2D eigenvalue weighted by Gasteiger charge is 2.27. The number of thioether (sulfide) groups is 1. The van der Waals surface area contributed by atoms with Crippen molar-refractivity contribution < 1.29 is 9.21 Å². The van der Waals surface area contributed by atoms with Gasteiger partial charge in [0.25, 0.3) is 5.22 Å². The third kappa shape index (κ3) is 3.96. The lowest BCUT2D eigenvalue weighted by atomic mass is 10.2. The van der Waals surface area contributed by atoms with Gasteiger partial charge < -0.3 is 9.73 Å². The molecule has 7 heteroatoms. The maximum atomic E-state index is 11.9. The van der Waals surface area contributed by atoms with Crippen molar-refractivity contribution in [3.8, 4) is 0 Å². The molecule has 1 aromatic heterocycles. The average molecular weight is 298 g/mol. The summed E-state index contributed by atoms with van der Waals surface area (Å²) in [6.07, 6.45) is 3.08. The fourth-order valence-electron chi connectivity index (χ4n) is 1.91. The van der Waals surface area contributed by atoms with Gasteiger partial charge in [-0.15, -0.1) is 10.2 Å². The number of carbonyl (C=O) groups excluding carboxylic acids is 1. The first-order valence-electron chi connectivity index (χ1n) is 6.98. The molecule has 0 radical (unpaired) electrons. The van der Waals surface area contributed by atoms with Gasteiger partial charge >= 0.3 is 0 Å². The Kier molecular flexibility index (Phi) is 5.04. The Bertz CT molecular complexity index is 459. The molecule has 20 heavy (non-hydrogen) atoms. The molecule has 1 amide bonds. The SMILES string of the molecule is CC[C@@H](c1nnc(S[C@@H](C)C(=O)NC2CC2)o1)N(C)C. The maximum absolute atomic E-state index is 11.9. The molecule has 2 rings (SSSR count). The monoisotopic (exact) mass is 298 g/mol. The van der Waals surface area contributed by atoms with Crippen molar-refractivity contribution in [3.05, 3.63) is 5.89 Å². The van der Waals surface area contributed by atoms with Gasteiger partial charge in [0.05, 0.1) is 11.3 Å². The topological polar surface area (TPSA) is 71.3 Å². The Morgan fingerprint density at radius 3 is 2.75 bits per heavy atom. The molecular weight excluding hydrogens is 276 g/mol. The Hall–Kier alpha value is -1.08. The van der Waals surface area contributed by atoms with Crippen LogP contribution in [0.2, 0.25) is 0 Å². The fourth-order valence-corrected chi connectivity index (χ4v) is 2.61. The second-order valence-electron chi connectivity index (χ2n) is 5.34. The first kappa shape index (κ1) is 15.3. The summed E-state index contributed by atoms with van der Waals surface area (Å²) in [5, 5.41) is 11.3. The van der Waals surface area contributed by atoms with Gasteiger partial charge in [0.15, 0.2) is 0 Å². The third-order valence-corrected chi connectivity index (χ3v) is 4.22. The second kappa shape index (κ2) is 6.58. The van der Waals surface area contributed by atoms with Crippen molar-refractivity contribution in [1.29, 1.82) is 0 Å². The minimum absolute atomic E-state index is 0.0388. The minimum atomic E-state index is -0.219. The molecule has 1 aromatic rings. The van der Waals surface area contributed by atoms with Crippen LogP contribution in [0.4, 0.5) is 0 Å². The molecule has 0 spiro atoms. The predicted octanol–water partition coefficient (Wildman–Crippen LogP) is 1.84. The molecular formula is C13H22N4O2S. The first-order valence-corrected chi connectivity index (χ1v) is 7.86. The van der Waals surface area contributed by atoms with Crippen LogP contribution in [0.1, 0.15) is 45.0 Å². The molecule has 0 aromatic carbocycles. The summed E-state index contributed by atoms with van der Waals surface area (Å²) in [6.45, 7) is 3.93. The van der Waals surface area contributed by atoms with Crippen LogP contribution in [-0.2, 0) is 4.79 Å². The van der Waals surface area contributed by atoms with Crippen molar-refractivity contribution in [1.82, 2.24) is 20.4 Å². The molecule has 0 unspecified atom stereocenters. The number of hydrogen-bond acceptors (Lipinski definition) is 6. The zero-order chi connectivity index (χ0) is 14.7. The van der Waals surface area contributed by atoms with E-state index in [0.717, 1.165) is 19.3 Å². The molecule has 112 valence electrons. The van der Waals surface area contributed by atoms with E-state index in [-0.39, 0.29) is 17.2 Å². The van der Waals surface area contributed by atoms with Crippen molar-refractivity contribution in [2.45, 2.75) is 55.7 Å². The zero-order valence-corrected chi connectivity index (χ0v) is 13.2. The van der Waals surface area contributed by atoms with Crippen LogP contribution in [-0.4, -0.2) is 46.4 Å². The number of hydrogen-bond donors (Lipinski definition) is 1. The molecule has 1 aliphatic carbocycles. The lowest BCUT2D eigenvalue weighted by Crippen LogP contribution is -2.32. The van der Waals surface area contributed by atoms with E-state index in [2.05, 4.69) is 22.4 Å². The minimum Gasteiger partial charge on any atom is -0.414 e. The van der Waals surface area contributed by atoms with Gasteiger partial charge in [-0.1, -0.05) is 18.7 Å². The van der Waals surface area contributed by atoms with Gasteiger partial charge in [-0.3, -0.25) is 9.69 Å². The lowest BCUT2D eigenvalue weighted by molar-refractivity contribution is -0.120. The van der Waals surface area contributed by atoms with Crippen LogP contribution < -0.4 is 5.32 Å². The largest absolute Gasteiger partial charge is 0.414 e. The third-order valence-electron chi connectivity index (χ3n) is 3.29. The molecule has 1 saturated carbocycles. The smallest absolute Gasteiger partial charge is 0.277 e. The van der Waals surface area contributed by atoms with Crippen LogP contribution in [0.15, 0.2) is 9.64 Å². The summed E-state index contributed by atoms with van der Waals surface area (Å²) >= 11 is 1.31. The van der Waals surface area contributed by atoms with Crippen LogP contribution in [0.25, 0.3) is 0 Å². The van der Waals surface area contributed by atoms with E-state index in [1.54, 1.807) is 0 Å². The standard InChI is InChI=1S/C13H22N4O2S/c1-5-10(17(3)4)12-15-16-13(19-12)20-8(2)11(18)14-9-6-7-9/h8-10H,5-7H2,1-4H3,(H,14,18)/t8-,10-/m0/s1. The summed E-state index contributed by atoms with van der Waals surface area (Å²) < 4.78 is 5.66. The summed E-state index contributed by atoms with van der Waals surface area (Å²) in [5.41, 5.74) is 0. The first-order chi connectivity index (χ1) is 9.51. The highest BCUT2D eigenvalue weighted by Crippen LogP contribution is 2.27. The van der Waals surface area contributed by atoms with Crippen molar-refractivity contribution in [3.63, 3.8) is 0 Å². The zero-order valence-electron chi connectivity index (χ0n) is 12.4. The molecule has 1 fully saturated rings. The Morgan fingerprint density at radius 2 is 2.20 bits per heavy atom. The van der Waals surface area contributed by atoms with Crippen molar-refractivity contribution in [2.75, 3.05) is 14.1 Å². The Labute approximate surface area is 123 Å². The predicted molar refractivity (Wildman–Crippen MR) is 77.5 cm³/mol. The van der Waals surface area contributed by atoms with Crippen molar-refractivity contribution in [2.24, 2.45) is 0 Å². The molecule has 0 bridgehead atoms. The number of carbonyl (C=O) groups is 1. The summed E-state index contributed by atoms with van der Waals surface area (Å²) in [7, 11) is 3.97. The van der Waals surface area contributed by atoms with Gasteiger partial charge in [-0.25, -0.2) is 0 Å². The van der Waals surface area contributed by atoms with Gasteiger partial charge in [-0.05, 0) is 40.3 Å². The van der Waals surface area contributed by atoms with E-state index >= 15 is 0 Å². The molecule has 1 N–H and O–H groups in total. The van der Waals surface area contributed by atoms with Crippen LogP contribution in [0, 0.1) is 0 Å². The summed E-state index contributed by atoms with van der Waals surface area (Å²) in [4.78, 5) is 13.9. The van der Waals surface area contributed by atoms with E-state index in [1.807, 2.05) is 25.9 Å². The number of nitrogens with zero attached hydrogens (tertiary/aromatic N) is 3. The van der Waals surface area contributed by atoms with E-state index in [9.17, 15) is 4.79 Å². The quantitative estimate of drug-likeness (QED) is 0.775. The Balaban J connectivity index is 1.92. The number of amides is 1. The highest BCUT2D eigenvalue weighted by molar-refractivity contribution is 8.00. The average Bonchev–Trinajstić information content (AvgIpc) is 3.09. The van der Waals surface area contributed by atoms with Crippen LogP contribution in [0.3, 0.4) is 0 Å². The molecule has 0 saturated heterocycles. The lowest BCUT2D eigenvalue weighted by Gasteiger charge is -2.18. The summed E-state index contributed by atoms with van der Waals surface area (Å²) in [6, 6.07) is 0.495. The molecule has 0 aliphatic heterocycles. The van der Waals surface area contributed by atoms with Crippen molar-refractivity contribution >= 4 is 17.7 Å². The summed E-state index contributed by atoms with van der Waals surface area (Å²) in [5.74, 6) is 0.645. The second-order valence-corrected chi connectivity index (χ2v) is 6.63. The van der Waals surface area contributed by atoms with Crippen LogP contribution >= 0.6 is 11.8 Å². The maximum Gasteiger partial charge on any atom is 0.277 e. The van der Waals surface area contributed by atoms with Gasteiger partial charge in [0.1, 0.15) is 0 Å². The normalized spacial score (nSPS) is 18.1. The fraction of sp³-hybridized carbons (Fsp3) is 0.769. The van der Waals surface area contributed by atoms with Gasteiger partial charge in [0.2, 0.25) is 11.8 Å². The number of rotatable bonds is 7. The van der Waals surface area contributed by atoms with E-state index in [4.69, 9.17) is 4.42 Å². The number of nitrogens with one attached hydrogen (secondary N) is 1. The molecule has 1 aliphatic rings. The number of aromatic nitrogens is 2. The highest BCUT2D eigenvalue weighted by atomic mass is 32.2. The van der Waals surface area contributed by atoms with Crippen LogP contribution in [0.5, 0.6) is 0 Å². The van der Waals surface area contributed by atoms with E-state index in [0.29, 0.717) is 17.2 Å².